The third-order valence-corrected chi connectivity index (χ3v) is 5.51. The minimum absolute atomic E-state index is 0.0277. The van der Waals surface area contributed by atoms with Crippen LogP contribution in [0.2, 0.25) is 0 Å². The lowest BCUT2D eigenvalue weighted by molar-refractivity contribution is -0.386. The minimum Gasteiger partial charge on any atom is -0.482 e. The van der Waals surface area contributed by atoms with E-state index in [1.54, 1.807) is 74.5 Å². The molecule has 190 valence electrons. The summed E-state index contributed by atoms with van der Waals surface area (Å²) in [4.78, 5) is 36.6. The van der Waals surface area contributed by atoms with Gasteiger partial charge in [0.05, 0.1) is 23.0 Å². The van der Waals surface area contributed by atoms with E-state index >= 15 is 0 Å². The topological polar surface area (TPSA) is 146 Å². The number of ether oxygens (including phenoxy) is 1. The van der Waals surface area contributed by atoms with Gasteiger partial charge in [-0.3, -0.25) is 29.1 Å². The SMILES string of the molecule is Cc1ccc(OCc2cccc(C(=O)Nc3cnn(C)c3C(=O)NCc3cnn(C)c3)c2)c([N+](=O)[O-])c1. The summed E-state index contributed by atoms with van der Waals surface area (Å²) in [5, 5.41) is 25.0. The summed E-state index contributed by atoms with van der Waals surface area (Å²) in [7, 11) is 3.39. The number of hydrogen-bond donors (Lipinski definition) is 2. The number of amides is 2. The molecule has 4 rings (SSSR count). The third-order valence-electron chi connectivity index (χ3n) is 5.51. The zero-order valence-electron chi connectivity index (χ0n) is 20.5. The molecule has 4 aromatic rings. The number of nitrogens with zero attached hydrogens (tertiary/aromatic N) is 5. The maximum absolute atomic E-state index is 13.0. The van der Waals surface area contributed by atoms with Gasteiger partial charge in [-0.05, 0) is 36.2 Å². The predicted octanol–water partition coefficient (Wildman–Crippen LogP) is 3.13. The second kappa shape index (κ2) is 10.7. The summed E-state index contributed by atoms with van der Waals surface area (Å²) in [6.45, 7) is 2.06. The van der Waals surface area contributed by atoms with Crippen molar-refractivity contribution in [3.63, 3.8) is 0 Å². The summed E-state index contributed by atoms with van der Waals surface area (Å²) >= 11 is 0. The maximum atomic E-state index is 13.0. The summed E-state index contributed by atoms with van der Waals surface area (Å²) in [5.41, 5.74) is 2.88. The highest BCUT2D eigenvalue weighted by Gasteiger charge is 2.20. The lowest BCUT2D eigenvalue weighted by Crippen LogP contribution is -2.26. The number of aryl methyl sites for hydroxylation is 3. The average Bonchev–Trinajstić information content (AvgIpc) is 3.46. The van der Waals surface area contributed by atoms with Crippen LogP contribution in [0.1, 0.15) is 37.5 Å². The summed E-state index contributed by atoms with van der Waals surface area (Å²) in [6, 6.07) is 11.4. The Hall–Kier alpha value is -5.00. The Morgan fingerprint density at radius 1 is 1.05 bits per heavy atom. The number of carbonyl (C=O) groups is 2. The molecule has 12 heteroatoms. The van der Waals surface area contributed by atoms with Crippen molar-refractivity contribution in [1.82, 2.24) is 24.9 Å². The molecule has 2 N–H and O–H groups in total. The van der Waals surface area contributed by atoms with Gasteiger partial charge < -0.3 is 15.4 Å². The molecular weight excluding hydrogens is 478 g/mol. The van der Waals surface area contributed by atoms with E-state index in [0.717, 1.165) is 11.1 Å². The van der Waals surface area contributed by atoms with E-state index in [9.17, 15) is 19.7 Å². The van der Waals surface area contributed by atoms with Gasteiger partial charge in [-0.25, -0.2) is 0 Å². The first kappa shape index (κ1) is 25.1. The number of hydrogen-bond acceptors (Lipinski definition) is 7. The predicted molar refractivity (Wildman–Crippen MR) is 134 cm³/mol. The van der Waals surface area contributed by atoms with Crippen LogP contribution in [0.15, 0.2) is 61.1 Å². The van der Waals surface area contributed by atoms with Crippen LogP contribution in [0.3, 0.4) is 0 Å². The highest BCUT2D eigenvalue weighted by Crippen LogP contribution is 2.28. The minimum atomic E-state index is -0.495. The molecule has 0 saturated carbocycles. The Bertz CT molecular complexity index is 1470. The molecule has 0 aliphatic rings. The summed E-state index contributed by atoms with van der Waals surface area (Å²) < 4.78 is 8.68. The van der Waals surface area contributed by atoms with Gasteiger partial charge >= 0.3 is 5.69 Å². The van der Waals surface area contributed by atoms with Crippen molar-refractivity contribution in [3.05, 3.63) is 99.1 Å². The van der Waals surface area contributed by atoms with E-state index in [-0.39, 0.29) is 36.0 Å². The molecule has 0 radical (unpaired) electrons. The Kier molecular flexibility index (Phi) is 7.28. The van der Waals surface area contributed by atoms with Crippen LogP contribution in [-0.2, 0) is 27.2 Å². The normalized spacial score (nSPS) is 10.7. The molecule has 12 nitrogen and oxygen atoms in total. The highest BCUT2D eigenvalue weighted by atomic mass is 16.6. The Morgan fingerprint density at radius 2 is 1.86 bits per heavy atom. The van der Waals surface area contributed by atoms with Crippen molar-refractivity contribution in [2.75, 3.05) is 5.32 Å². The second-order valence-corrected chi connectivity index (χ2v) is 8.41. The van der Waals surface area contributed by atoms with Crippen molar-refractivity contribution in [2.24, 2.45) is 14.1 Å². The molecule has 0 atom stereocenters. The number of benzene rings is 2. The number of anilines is 1. The van der Waals surface area contributed by atoms with Crippen molar-refractivity contribution in [2.45, 2.75) is 20.1 Å². The van der Waals surface area contributed by atoms with E-state index < -0.39 is 16.7 Å². The number of nitro benzene ring substituents is 1. The largest absolute Gasteiger partial charge is 0.482 e. The van der Waals surface area contributed by atoms with E-state index in [1.165, 1.54) is 16.9 Å². The lowest BCUT2D eigenvalue weighted by Gasteiger charge is -2.10. The molecule has 0 aliphatic carbocycles. The van der Waals surface area contributed by atoms with Crippen molar-refractivity contribution < 1.29 is 19.2 Å². The van der Waals surface area contributed by atoms with Crippen LogP contribution < -0.4 is 15.4 Å². The van der Waals surface area contributed by atoms with Gasteiger partial charge in [-0.2, -0.15) is 10.2 Å². The van der Waals surface area contributed by atoms with Crippen LogP contribution in [0.25, 0.3) is 0 Å². The molecule has 0 fully saturated rings. The monoisotopic (exact) mass is 503 g/mol. The van der Waals surface area contributed by atoms with Crippen LogP contribution >= 0.6 is 0 Å². The van der Waals surface area contributed by atoms with Gasteiger partial charge in [0.2, 0.25) is 0 Å². The van der Waals surface area contributed by atoms with Crippen molar-refractivity contribution in [1.29, 1.82) is 0 Å². The molecule has 0 bridgehead atoms. The van der Waals surface area contributed by atoms with Gasteiger partial charge in [0.15, 0.2) is 5.75 Å². The number of nitro groups is 1. The summed E-state index contributed by atoms with van der Waals surface area (Å²) in [6.07, 6.45) is 4.85. The van der Waals surface area contributed by atoms with Crippen LogP contribution in [0, 0.1) is 17.0 Å². The van der Waals surface area contributed by atoms with Gasteiger partial charge in [-0.1, -0.05) is 18.2 Å². The fraction of sp³-hybridized carbons (Fsp3) is 0.200. The van der Waals surface area contributed by atoms with Crippen molar-refractivity contribution >= 4 is 23.2 Å². The Morgan fingerprint density at radius 3 is 2.59 bits per heavy atom. The first-order valence-corrected chi connectivity index (χ1v) is 11.3. The van der Waals surface area contributed by atoms with Gasteiger partial charge in [0.25, 0.3) is 11.8 Å². The molecule has 0 saturated heterocycles. The zero-order chi connectivity index (χ0) is 26.5. The molecule has 0 unspecified atom stereocenters. The van der Waals surface area contributed by atoms with Crippen molar-refractivity contribution in [3.8, 4) is 5.75 Å². The van der Waals surface area contributed by atoms with E-state index in [0.29, 0.717) is 11.1 Å². The van der Waals surface area contributed by atoms with Crippen LogP contribution in [0.4, 0.5) is 11.4 Å². The molecule has 0 aliphatic heterocycles. The second-order valence-electron chi connectivity index (χ2n) is 8.41. The van der Waals surface area contributed by atoms with Gasteiger partial charge in [0.1, 0.15) is 12.3 Å². The van der Waals surface area contributed by atoms with Crippen LogP contribution in [-0.4, -0.2) is 36.3 Å². The molecule has 37 heavy (non-hydrogen) atoms. The molecule has 2 heterocycles. The number of rotatable bonds is 9. The third kappa shape index (κ3) is 5.99. The lowest BCUT2D eigenvalue weighted by atomic mass is 10.1. The molecular formula is C25H25N7O5. The average molecular weight is 504 g/mol. The Labute approximate surface area is 212 Å². The summed E-state index contributed by atoms with van der Waals surface area (Å²) in [5.74, 6) is -0.707. The van der Waals surface area contributed by atoms with Gasteiger partial charge in [0, 0.05) is 44.0 Å². The fourth-order valence-electron chi connectivity index (χ4n) is 3.68. The van der Waals surface area contributed by atoms with Gasteiger partial charge in [-0.15, -0.1) is 0 Å². The maximum Gasteiger partial charge on any atom is 0.311 e. The number of aromatic nitrogens is 4. The number of nitrogens with one attached hydrogen (secondary N) is 2. The molecule has 2 aromatic carbocycles. The molecule has 0 spiro atoms. The quantitative estimate of drug-likeness (QED) is 0.263. The zero-order valence-corrected chi connectivity index (χ0v) is 20.5. The first-order chi connectivity index (χ1) is 17.7. The molecule has 2 amide bonds. The Balaban J connectivity index is 1.43. The first-order valence-electron chi connectivity index (χ1n) is 11.3. The van der Waals surface area contributed by atoms with E-state index in [1.807, 2.05) is 0 Å². The van der Waals surface area contributed by atoms with Crippen LogP contribution in [0.5, 0.6) is 5.75 Å². The number of carbonyl (C=O) groups excluding carboxylic acids is 2. The van der Waals surface area contributed by atoms with E-state index in [4.69, 9.17) is 4.74 Å². The standard InChI is InChI=1S/C25H25N7O5/c1-16-7-8-22(21(9-16)32(35)36)37-15-17-5-4-6-19(10-17)24(33)29-20-13-28-31(3)23(20)25(34)26-11-18-12-27-30(2)14-18/h4-10,12-14H,11,15H2,1-3H3,(H,26,34)(H,29,33). The highest BCUT2D eigenvalue weighted by molar-refractivity contribution is 6.08. The fourth-order valence-corrected chi connectivity index (χ4v) is 3.68. The van der Waals surface area contributed by atoms with E-state index in [2.05, 4.69) is 20.8 Å². The smallest absolute Gasteiger partial charge is 0.311 e. The molecule has 2 aromatic heterocycles.